The molecule has 6 heteroatoms. The van der Waals surface area contributed by atoms with E-state index in [4.69, 9.17) is 23.2 Å². The van der Waals surface area contributed by atoms with Crippen molar-refractivity contribution in [1.82, 2.24) is 0 Å². The molecule has 4 nitrogen and oxygen atoms in total. The van der Waals surface area contributed by atoms with Crippen molar-refractivity contribution in [2.45, 2.75) is 12.8 Å². The van der Waals surface area contributed by atoms with E-state index in [2.05, 4.69) is 5.32 Å². The van der Waals surface area contributed by atoms with Crippen LogP contribution in [0.15, 0.2) is 36.4 Å². The van der Waals surface area contributed by atoms with Crippen LogP contribution in [0.3, 0.4) is 0 Å². The fourth-order valence-electron chi connectivity index (χ4n) is 2.65. The number of rotatable bonds is 3. The summed E-state index contributed by atoms with van der Waals surface area (Å²) in [6, 6.07) is 10.5. The molecule has 0 aromatic heterocycles. The normalized spacial score (nSPS) is 13.2. The fraction of sp³-hybridized carbons (Fsp3) is 0.176. The first-order chi connectivity index (χ1) is 10.9. The van der Waals surface area contributed by atoms with E-state index in [9.17, 15) is 9.59 Å². The van der Waals surface area contributed by atoms with Gasteiger partial charge in [0.05, 0.1) is 12.8 Å². The lowest BCUT2D eigenvalue weighted by atomic mass is 10.1. The Bertz CT molecular complexity index is 785. The van der Waals surface area contributed by atoms with Crippen LogP contribution in [0.5, 0.6) is 0 Å². The summed E-state index contributed by atoms with van der Waals surface area (Å²) in [4.78, 5) is 25.5. The third-order valence-corrected chi connectivity index (χ3v) is 4.17. The average molecular weight is 349 g/mol. The number of benzene rings is 2. The van der Waals surface area contributed by atoms with Gasteiger partial charge in [0.2, 0.25) is 11.8 Å². The van der Waals surface area contributed by atoms with Gasteiger partial charge in [-0.05, 0) is 35.4 Å². The minimum absolute atomic E-state index is 0.0650. The Kier molecular flexibility index (Phi) is 4.28. The first-order valence-corrected chi connectivity index (χ1v) is 7.82. The van der Waals surface area contributed by atoms with E-state index in [1.165, 1.54) is 0 Å². The number of nitrogens with one attached hydrogen (secondary N) is 1. The van der Waals surface area contributed by atoms with Crippen LogP contribution < -0.4 is 10.2 Å². The summed E-state index contributed by atoms with van der Waals surface area (Å²) in [5, 5.41) is 3.70. The molecule has 1 aliphatic rings. The van der Waals surface area contributed by atoms with Crippen LogP contribution in [0.4, 0.5) is 11.4 Å². The molecular weight excluding hydrogens is 335 g/mol. The van der Waals surface area contributed by atoms with Gasteiger partial charge in [-0.1, -0.05) is 35.3 Å². The second-order valence-electron chi connectivity index (χ2n) is 5.48. The first-order valence-electron chi connectivity index (χ1n) is 7.06. The number of nitrogens with zero attached hydrogens (tertiary/aromatic N) is 1. The Morgan fingerprint density at radius 3 is 2.57 bits per heavy atom. The minimum atomic E-state index is -0.166. The van der Waals surface area contributed by atoms with E-state index in [-0.39, 0.29) is 18.2 Å². The molecule has 2 aromatic carbocycles. The Balaban J connectivity index is 1.71. The largest absolute Gasteiger partial charge is 0.326 e. The van der Waals surface area contributed by atoms with Crippen molar-refractivity contribution >= 4 is 46.4 Å². The zero-order valence-electron chi connectivity index (χ0n) is 12.4. The summed E-state index contributed by atoms with van der Waals surface area (Å²) in [6.45, 7) is 0. The molecule has 1 heterocycles. The van der Waals surface area contributed by atoms with E-state index >= 15 is 0 Å². The van der Waals surface area contributed by atoms with Gasteiger partial charge < -0.3 is 10.2 Å². The highest BCUT2D eigenvalue weighted by molar-refractivity contribution is 6.35. The van der Waals surface area contributed by atoms with E-state index in [0.717, 1.165) is 16.8 Å². The standard InChI is InChI=1S/C17H14Cl2N2O2/c1-21-15-3-2-10(4-11(15)6-17(21)23)5-16(22)20-14-8-12(18)7-13(19)9-14/h2-4,7-9H,5-6H2,1H3,(H,20,22). The van der Waals surface area contributed by atoms with E-state index < -0.39 is 0 Å². The maximum absolute atomic E-state index is 12.2. The summed E-state index contributed by atoms with van der Waals surface area (Å²) < 4.78 is 0. The van der Waals surface area contributed by atoms with Crippen molar-refractivity contribution in [1.29, 1.82) is 0 Å². The highest BCUT2D eigenvalue weighted by atomic mass is 35.5. The molecule has 0 aliphatic carbocycles. The van der Waals surface area contributed by atoms with E-state index in [1.54, 1.807) is 30.1 Å². The van der Waals surface area contributed by atoms with Crippen LogP contribution in [0.1, 0.15) is 11.1 Å². The van der Waals surface area contributed by atoms with Gasteiger partial charge in [0.25, 0.3) is 0 Å². The molecule has 118 valence electrons. The zero-order valence-corrected chi connectivity index (χ0v) is 13.9. The minimum Gasteiger partial charge on any atom is -0.326 e. The molecule has 0 radical (unpaired) electrons. The Hall–Kier alpha value is -2.04. The lowest BCUT2D eigenvalue weighted by molar-refractivity contribution is -0.117. The molecule has 2 amide bonds. The number of likely N-dealkylation sites (N-methyl/N-ethyl adjacent to an activating group) is 1. The average Bonchev–Trinajstić information content (AvgIpc) is 2.72. The summed E-state index contributed by atoms with van der Waals surface area (Å²) in [5.41, 5.74) is 3.27. The summed E-state index contributed by atoms with van der Waals surface area (Å²) >= 11 is 11.8. The molecule has 0 saturated heterocycles. The van der Waals surface area contributed by atoms with Gasteiger partial charge >= 0.3 is 0 Å². The van der Waals surface area contributed by atoms with Crippen molar-refractivity contribution in [3.8, 4) is 0 Å². The molecule has 0 fully saturated rings. The van der Waals surface area contributed by atoms with Crippen molar-refractivity contribution in [2.75, 3.05) is 17.3 Å². The van der Waals surface area contributed by atoms with E-state index in [0.29, 0.717) is 22.2 Å². The van der Waals surface area contributed by atoms with Crippen molar-refractivity contribution in [3.05, 3.63) is 57.6 Å². The lowest BCUT2D eigenvalue weighted by Crippen LogP contribution is -2.20. The van der Waals surface area contributed by atoms with Gasteiger partial charge in [0.1, 0.15) is 0 Å². The topological polar surface area (TPSA) is 49.4 Å². The number of halogens is 2. The van der Waals surface area contributed by atoms with Crippen LogP contribution in [-0.2, 0) is 22.4 Å². The highest BCUT2D eigenvalue weighted by Crippen LogP contribution is 2.28. The molecule has 0 spiro atoms. The van der Waals surface area contributed by atoms with Crippen LogP contribution in [0.2, 0.25) is 10.0 Å². The van der Waals surface area contributed by atoms with Gasteiger partial charge in [-0.15, -0.1) is 0 Å². The third kappa shape index (κ3) is 3.49. The number of amides is 2. The lowest BCUT2D eigenvalue weighted by Gasteiger charge is -2.11. The van der Waals surface area contributed by atoms with Crippen LogP contribution >= 0.6 is 23.2 Å². The number of carbonyl (C=O) groups excluding carboxylic acids is 2. The van der Waals surface area contributed by atoms with Crippen LogP contribution in [-0.4, -0.2) is 18.9 Å². The second-order valence-corrected chi connectivity index (χ2v) is 6.35. The molecule has 0 saturated carbocycles. The third-order valence-electron chi connectivity index (χ3n) is 3.73. The molecule has 0 bridgehead atoms. The molecule has 3 rings (SSSR count). The number of hydrogen-bond acceptors (Lipinski definition) is 2. The Morgan fingerprint density at radius 2 is 1.87 bits per heavy atom. The van der Waals surface area contributed by atoms with Crippen LogP contribution in [0.25, 0.3) is 0 Å². The number of hydrogen-bond donors (Lipinski definition) is 1. The number of anilines is 2. The predicted octanol–water partition coefficient (Wildman–Crippen LogP) is 3.69. The first kappa shape index (κ1) is 15.8. The predicted molar refractivity (Wildman–Crippen MR) is 92.4 cm³/mol. The highest BCUT2D eigenvalue weighted by Gasteiger charge is 2.24. The summed E-state index contributed by atoms with van der Waals surface area (Å²) in [5.74, 6) is -0.101. The molecule has 1 N–H and O–H groups in total. The van der Waals surface area contributed by atoms with Crippen molar-refractivity contribution in [3.63, 3.8) is 0 Å². The second kappa shape index (κ2) is 6.22. The van der Waals surface area contributed by atoms with Gasteiger partial charge in [0.15, 0.2) is 0 Å². The number of carbonyl (C=O) groups is 2. The van der Waals surface area contributed by atoms with Gasteiger partial charge in [-0.2, -0.15) is 0 Å². The quantitative estimate of drug-likeness (QED) is 0.919. The SMILES string of the molecule is CN1C(=O)Cc2cc(CC(=O)Nc3cc(Cl)cc(Cl)c3)ccc21. The van der Waals surface area contributed by atoms with E-state index in [1.807, 2.05) is 18.2 Å². The van der Waals surface area contributed by atoms with Gasteiger partial charge in [-0.3, -0.25) is 9.59 Å². The Labute approximate surface area is 144 Å². The maximum Gasteiger partial charge on any atom is 0.231 e. The molecule has 1 aliphatic heterocycles. The Morgan fingerprint density at radius 1 is 1.17 bits per heavy atom. The molecule has 0 atom stereocenters. The van der Waals surface area contributed by atoms with Gasteiger partial charge in [-0.25, -0.2) is 0 Å². The number of fused-ring (bicyclic) bond motifs is 1. The van der Waals surface area contributed by atoms with Gasteiger partial charge in [0, 0.05) is 28.5 Å². The smallest absolute Gasteiger partial charge is 0.231 e. The molecular formula is C17H14Cl2N2O2. The zero-order chi connectivity index (χ0) is 16.6. The van der Waals surface area contributed by atoms with Crippen molar-refractivity contribution < 1.29 is 9.59 Å². The molecule has 0 unspecified atom stereocenters. The molecule has 2 aromatic rings. The molecule has 23 heavy (non-hydrogen) atoms. The fourth-order valence-corrected chi connectivity index (χ4v) is 3.18. The summed E-state index contributed by atoms with van der Waals surface area (Å²) in [7, 11) is 1.75. The monoisotopic (exact) mass is 348 g/mol. The van der Waals surface area contributed by atoms with Crippen LogP contribution in [0, 0.1) is 0 Å². The summed E-state index contributed by atoms with van der Waals surface area (Å²) in [6.07, 6.45) is 0.598. The maximum atomic E-state index is 12.2. The van der Waals surface area contributed by atoms with Crippen molar-refractivity contribution in [2.24, 2.45) is 0 Å².